The van der Waals surface area contributed by atoms with Gasteiger partial charge in [-0.25, -0.2) is 0 Å². The van der Waals surface area contributed by atoms with Gasteiger partial charge in [0.15, 0.2) is 0 Å². The van der Waals surface area contributed by atoms with E-state index in [4.69, 9.17) is 4.42 Å². The molecule has 0 saturated carbocycles. The second-order valence-electron chi connectivity index (χ2n) is 14.9. The van der Waals surface area contributed by atoms with Crippen molar-refractivity contribution in [3.8, 4) is 27.9 Å². The lowest BCUT2D eigenvalue weighted by Crippen LogP contribution is -2.10. The molecule has 0 aliphatic heterocycles. The Morgan fingerprint density at radius 1 is 0.411 bits per heavy atom. The fourth-order valence-electron chi connectivity index (χ4n) is 9.53. The first kappa shape index (κ1) is 30.2. The van der Waals surface area contributed by atoms with E-state index in [-0.39, 0.29) is 0 Å². The number of fused-ring (bicyclic) bond motifs is 4. The fourth-order valence-corrected chi connectivity index (χ4v) is 10.7. The Morgan fingerprint density at radius 3 is 2.04 bits per heavy atom. The zero-order valence-electron chi connectivity index (χ0n) is 30.0. The van der Waals surface area contributed by atoms with E-state index in [0.717, 1.165) is 44.7 Å². The largest absolute Gasteiger partial charge is 0.456 e. The lowest BCUT2D eigenvalue weighted by molar-refractivity contribution is 0.669. The second-order valence-corrected chi connectivity index (χ2v) is 15.9. The third-order valence-corrected chi connectivity index (χ3v) is 13.0. The minimum atomic E-state index is 0.870. The summed E-state index contributed by atoms with van der Waals surface area (Å²) >= 11 is 1.90. The van der Waals surface area contributed by atoms with Crippen LogP contribution in [-0.2, 0) is 0 Å². The van der Waals surface area contributed by atoms with Crippen LogP contribution >= 0.6 is 11.3 Å². The Labute approximate surface area is 325 Å². The number of hydrogen-bond donors (Lipinski definition) is 0. The third kappa shape index (κ3) is 4.11. The molecule has 56 heavy (non-hydrogen) atoms. The van der Waals surface area contributed by atoms with Gasteiger partial charge in [-0.1, -0.05) is 103 Å². The van der Waals surface area contributed by atoms with Gasteiger partial charge in [-0.05, 0) is 100 Å². The van der Waals surface area contributed by atoms with E-state index in [1.807, 2.05) is 23.5 Å². The summed E-state index contributed by atoms with van der Waals surface area (Å²) < 4.78 is 11.6. The minimum Gasteiger partial charge on any atom is -0.456 e. The molecule has 0 radical (unpaired) electrons. The van der Waals surface area contributed by atoms with Crippen LogP contribution < -0.4 is 4.90 Å². The number of furan rings is 1. The average molecular weight is 731 g/mol. The Hall–Kier alpha value is -7.14. The maximum Gasteiger partial charge on any atom is 0.137 e. The van der Waals surface area contributed by atoms with Gasteiger partial charge in [0.1, 0.15) is 11.2 Å². The van der Waals surface area contributed by atoms with Gasteiger partial charge < -0.3 is 13.9 Å². The summed E-state index contributed by atoms with van der Waals surface area (Å²) in [6.45, 7) is 0. The highest BCUT2D eigenvalue weighted by molar-refractivity contribution is 7.26. The van der Waals surface area contributed by atoms with Crippen molar-refractivity contribution in [1.29, 1.82) is 0 Å². The van der Waals surface area contributed by atoms with Crippen LogP contribution in [0.4, 0.5) is 17.1 Å². The van der Waals surface area contributed by atoms with E-state index < -0.39 is 0 Å². The molecule has 12 aromatic rings. The van der Waals surface area contributed by atoms with Gasteiger partial charge >= 0.3 is 0 Å². The smallest absolute Gasteiger partial charge is 0.137 e. The number of thiophene rings is 1. The van der Waals surface area contributed by atoms with Crippen molar-refractivity contribution in [2.45, 2.75) is 0 Å². The van der Waals surface area contributed by atoms with Gasteiger partial charge in [0.05, 0.1) is 11.0 Å². The first-order chi connectivity index (χ1) is 27.8. The van der Waals surface area contributed by atoms with Gasteiger partial charge in [0.25, 0.3) is 0 Å². The molecule has 0 amide bonds. The van der Waals surface area contributed by atoms with Crippen molar-refractivity contribution < 1.29 is 4.42 Å². The Balaban J connectivity index is 1.07. The number of benzene rings is 9. The third-order valence-electron chi connectivity index (χ3n) is 11.9. The molecule has 3 aromatic heterocycles. The molecule has 0 saturated heterocycles. The topological polar surface area (TPSA) is 21.3 Å². The van der Waals surface area contributed by atoms with Gasteiger partial charge in [-0.15, -0.1) is 11.3 Å². The van der Waals surface area contributed by atoms with E-state index in [9.17, 15) is 0 Å². The van der Waals surface area contributed by atoms with Crippen LogP contribution in [0.2, 0.25) is 0 Å². The maximum absolute atomic E-state index is 6.45. The van der Waals surface area contributed by atoms with Crippen molar-refractivity contribution in [1.82, 2.24) is 4.57 Å². The summed E-state index contributed by atoms with van der Waals surface area (Å²) in [5, 5.41) is 10.3. The predicted octanol–water partition coefficient (Wildman–Crippen LogP) is 15.3. The van der Waals surface area contributed by atoms with Crippen molar-refractivity contribution in [3.63, 3.8) is 0 Å². The minimum absolute atomic E-state index is 0.870. The van der Waals surface area contributed by atoms with Gasteiger partial charge in [-0.3, -0.25) is 0 Å². The van der Waals surface area contributed by atoms with Crippen LogP contribution in [0.3, 0.4) is 0 Å². The zero-order valence-corrected chi connectivity index (χ0v) is 30.8. The quantitative estimate of drug-likeness (QED) is 0.176. The number of aromatic nitrogens is 1. The SMILES string of the molecule is c1ccc(-c2cccc(N(c3cccc(-n4c5cccc6c5c5c7c(ccc8sc9cccc-6c9c87)ccc54)c3)c3ccc4c(c3)oc3ccccc34)c2)cc1. The molecule has 260 valence electrons. The molecular formula is C52H30N2OS. The number of anilines is 3. The second kappa shape index (κ2) is 11.2. The molecule has 0 N–H and O–H groups in total. The van der Waals surface area contributed by atoms with E-state index in [1.54, 1.807) is 0 Å². The maximum atomic E-state index is 6.45. The van der Waals surface area contributed by atoms with Crippen molar-refractivity contribution in [2.24, 2.45) is 0 Å². The van der Waals surface area contributed by atoms with Crippen LogP contribution in [0.15, 0.2) is 186 Å². The van der Waals surface area contributed by atoms with Gasteiger partial charge in [-0.2, -0.15) is 0 Å². The van der Waals surface area contributed by atoms with E-state index in [2.05, 4.69) is 179 Å². The molecule has 0 spiro atoms. The molecule has 13 rings (SSSR count). The Kier molecular flexibility index (Phi) is 6.04. The molecule has 0 bridgehead atoms. The van der Waals surface area contributed by atoms with E-state index >= 15 is 0 Å². The molecule has 0 atom stereocenters. The standard InChI is InChI=1S/C52H30N2OS/c1-2-10-31(11-3-1)33-12-6-13-34(28-33)53(37-24-25-39-38-16-4-5-20-44(38)55-45(39)30-37)35-14-7-15-36(29-35)54-42-19-8-17-40-41-18-9-21-46-50(41)52-47(56-46)27-23-32-22-26-43(54)51(48(32)52)49(40)42/h1-30H. The number of para-hydroxylation sites is 1. The molecule has 4 heteroatoms. The van der Waals surface area contributed by atoms with Crippen LogP contribution in [0.1, 0.15) is 0 Å². The lowest BCUT2D eigenvalue weighted by atomic mass is 9.98. The first-order valence-corrected chi connectivity index (χ1v) is 19.9. The fraction of sp³-hybridized carbons (Fsp3) is 0. The number of nitrogens with zero attached hydrogens (tertiary/aromatic N) is 2. The van der Waals surface area contributed by atoms with Crippen molar-refractivity contribution >= 4 is 103 Å². The Morgan fingerprint density at radius 2 is 1.11 bits per heavy atom. The Bertz CT molecular complexity index is 3610. The van der Waals surface area contributed by atoms with Gasteiger partial charge in [0, 0.05) is 75.9 Å². The van der Waals surface area contributed by atoms with Crippen LogP contribution in [0.5, 0.6) is 0 Å². The highest BCUT2D eigenvalue weighted by atomic mass is 32.1. The molecule has 9 aromatic carbocycles. The molecule has 3 heterocycles. The first-order valence-electron chi connectivity index (χ1n) is 19.1. The summed E-state index contributed by atoms with van der Waals surface area (Å²) in [6.07, 6.45) is 0. The molecule has 1 aliphatic rings. The predicted molar refractivity (Wildman–Crippen MR) is 238 cm³/mol. The summed E-state index contributed by atoms with van der Waals surface area (Å²) in [5.74, 6) is 0. The molecule has 0 fully saturated rings. The molecular weight excluding hydrogens is 701 g/mol. The summed E-state index contributed by atoms with van der Waals surface area (Å²) in [6, 6.07) is 66.3. The van der Waals surface area contributed by atoms with Crippen LogP contribution in [0, 0.1) is 0 Å². The molecule has 1 aliphatic carbocycles. The van der Waals surface area contributed by atoms with Gasteiger partial charge in [0.2, 0.25) is 0 Å². The molecule has 3 nitrogen and oxygen atoms in total. The summed E-state index contributed by atoms with van der Waals surface area (Å²) in [4.78, 5) is 2.36. The summed E-state index contributed by atoms with van der Waals surface area (Å²) in [5.41, 5.74) is 13.5. The van der Waals surface area contributed by atoms with Crippen LogP contribution in [-0.4, -0.2) is 4.57 Å². The van der Waals surface area contributed by atoms with Crippen LogP contribution in [0.25, 0.3) is 103 Å². The van der Waals surface area contributed by atoms with Crippen molar-refractivity contribution in [2.75, 3.05) is 4.90 Å². The highest BCUT2D eigenvalue weighted by Crippen LogP contribution is 2.52. The average Bonchev–Trinajstić information content (AvgIpc) is 3.91. The number of hydrogen-bond acceptors (Lipinski definition) is 3. The summed E-state index contributed by atoms with van der Waals surface area (Å²) in [7, 11) is 0. The zero-order chi connectivity index (χ0) is 36.5. The highest BCUT2D eigenvalue weighted by Gasteiger charge is 2.26. The van der Waals surface area contributed by atoms with E-state index in [0.29, 0.717) is 0 Å². The van der Waals surface area contributed by atoms with Crippen molar-refractivity contribution in [3.05, 3.63) is 182 Å². The lowest BCUT2D eigenvalue weighted by Gasteiger charge is -2.26. The normalized spacial score (nSPS) is 12.3. The monoisotopic (exact) mass is 730 g/mol. The van der Waals surface area contributed by atoms with E-state index in [1.165, 1.54) is 75.0 Å². The number of rotatable bonds is 5. The molecule has 0 unspecified atom stereocenters.